The van der Waals surface area contributed by atoms with Gasteiger partial charge in [0, 0.05) is 37.7 Å². The van der Waals surface area contributed by atoms with Crippen LogP contribution < -0.4 is 0 Å². The SMILES string of the molecule is O=C(c1cc(Cl)ccc1Cl)N1CCN(CC=Cc2ccccc2)CC1. The summed E-state index contributed by atoms with van der Waals surface area (Å²) in [6.07, 6.45) is 4.30. The molecule has 0 spiro atoms. The Balaban J connectivity index is 1.52. The summed E-state index contributed by atoms with van der Waals surface area (Å²) in [5.41, 5.74) is 1.68. The van der Waals surface area contributed by atoms with Crippen LogP contribution in [0.4, 0.5) is 0 Å². The van der Waals surface area contributed by atoms with Crippen molar-refractivity contribution in [2.24, 2.45) is 0 Å². The fourth-order valence-electron chi connectivity index (χ4n) is 2.87. The molecule has 3 nitrogen and oxygen atoms in total. The van der Waals surface area contributed by atoms with E-state index < -0.39 is 0 Å². The molecule has 0 bridgehead atoms. The molecule has 1 saturated heterocycles. The first-order valence-corrected chi connectivity index (χ1v) is 9.07. The smallest absolute Gasteiger partial charge is 0.255 e. The summed E-state index contributed by atoms with van der Waals surface area (Å²) in [7, 11) is 0. The first-order valence-electron chi connectivity index (χ1n) is 8.32. The number of amides is 1. The van der Waals surface area contributed by atoms with E-state index in [0.717, 1.165) is 19.6 Å². The number of hydrogen-bond donors (Lipinski definition) is 0. The van der Waals surface area contributed by atoms with Crippen LogP contribution in [0.2, 0.25) is 10.0 Å². The van der Waals surface area contributed by atoms with E-state index >= 15 is 0 Å². The van der Waals surface area contributed by atoms with Gasteiger partial charge in [-0.2, -0.15) is 0 Å². The lowest BCUT2D eigenvalue weighted by molar-refractivity contribution is 0.0650. The number of piperazine rings is 1. The van der Waals surface area contributed by atoms with Gasteiger partial charge < -0.3 is 4.90 Å². The molecule has 0 N–H and O–H groups in total. The van der Waals surface area contributed by atoms with E-state index in [9.17, 15) is 4.79 Å². The fraction of sp³-hybridized carbons (Fsp3) is 0.250. The molecule has 2 aromatic carbocycles. The summed E-state index contributed by atoms with van der Waals surface area (Å²) >= 11 is 12.1. The number of halogens is 2. The number of carbonyl (C=O) groups is 1. The van der Waals surface area contributed by atoms with Crippen molar-refractivity contribution in [1.29, 1.82) is 0 Å². The van der Waals surface area contributed by atoms with Crippen LogP contribution in [0.5, 0.6) is 0 Å². The van der Waals surface area contributed by atoms with E-state index in [1.165, 1.54) is 5.56 Å². The highest BCUT2D eigenvalue weighted by atomic mass is 35.5. The maximum atomic E-state index is 12.6. The molecular weight excluding hydrogens is 355 g/mol. The van der Waals surface area contributed by atoms with Gasteiger partial charge in [0.15, 0.2) is 0 Å². The summed E-state index contributed by atoms with van der Waals surface area (Å²) in [6.45, 7) is 3.97. The zero-order chi connectivity index (χ0) is 17.6. The van der Waals surface area contributed by atoms with Crippen LogP contribution in [0.1, 0.15) is 15.9 Å². The summed E-state index contributed by atoms with van der Waals surface area (Å²) < 4.78 is 0. The zero-order valence-electron chi connectivity index (χ0n) is 13.9. The molecule has 0 aliphatic carbocycles. The van der Waals surface area contributed by atoms with Crippen molar-refractivity contribution in [1.82, 2.24) is 9.80 Å². The van der Waals surface area contributed by atoms with Gasteiger partial charge in [0.2, 0.25) is 0 Å². The highest BCUT2D eigenvalue weighted by molar-refractivity contribution is 6.35. The van der Waals surface area contributed by atoms with Gasteiger partial charge in [-0.15, -0.1) is 0 Å². The van der Waals surface area contributed by atoms with Crippen LogP contribution in [0.25, 0.3) is 6.08 Å². The van der Waals surface area contributed by atoms with Crippen LogP contribution in [0, 0.1) is 0 Å². The third-order valence-corrected chi connectivity index (χ3v) is 4.86. The van der Waals surface area contributed by atoms with Crippen LogP contribution >= 0.6 is 23.2 Å². The quantitative estimate of drug-likeness (QED) is 0.788. The summed E-state index contributed by atoms with van der Waals surface area (Å²) in [5, 5.41) is 0.972. The average Bonchev–Trinajstić information content (AvgIpc) is 2.65. The Morgan fingerprint density at radius 1 is 1.00 bits per heavy atom. The predicted octanol–water partition coefficient (Wildman–Crippen LogP) is 4.46. The van der Waals surface area contributed by atoms with Crippen molar-refractivity contribution in [3.05, 3.63) is 75.8 Å². The Bertz CT molecular complexity index is 754. The Morgan fingerprint density at radius 2 is 1.72 bits per heavy atom. The van der Waals surface area contributed by atoms with Crippen molar-refractivity contribution in [2.45, 2.75) is 0 Å². The standard InChI is InChI=1S/C20H20Cl2N2O/c21-17-8-9-19(22)18(15-17)20(25)24-13-11-23(12-14-24)10-4-7-16-5-2-1-3-6-16/h1-9,15H,10-14H2. The number of benzene rings is 2. The topological polar surface area (TPSA) is 23.6 Å². The lowest BCUT2D eigenvalue weighted by Crippen LogP contribution is -2.48. The first-order chi connectivity index (χ1) is 12.1. The second-order valence-corrected chi connectivity index (χ2v) is 6.87. The van der Waals surface area contributed by atoms with Gasteiger partial charge in [0.1, 0.15) is 0 Å². The molecule has 0 unspecified atom stereocenters. The maximum Gasteiger partial charge on any atom is 0.255 e. The van der Waals surface area contributed by atoms with Crippen molar-refractivity contribution < 1.29 is 4.79 Å². The second-order valence-electron chi connectivity index (χ2n) is 6.03. The minimum Gasteiger partial charge on any atom is -0.336 e. The highest BCUT2D eigenvalue weighted by Crippen LogP contribution is 2.22. The lowest BCUT2D eigenvalue weighted by Gasteiger charge is -2.34. The van der Waals surface area contributed by atoms with E-state index in [1.54, 1.807) is 18.2 Å². The Labute approximate surface area is 158 Å². The molecule has 0 aromatic heterocycles. The monoisotopic (exact) mass is 374 g/mol. The van der Waals surface area contributed by atoms with E-state index in [4.69, 9.17) is 23.2 Å². The molecule has 0 atom stereocenters. The molecule has 1 fully saturated rings. The van der Waals surface area contributed by atoms with Crippen molar-refractivity contribution >= 4 is 35.2 Å². The minimum absolute atomic E-state index is 0.0491. The molecule has 2 aromatic rings. The van der Waals surface area contributed by atoms with E-state index in [1.807, 2.05) is 23.1 Å². The molecule has 5 heteroatoms. The van der Waals surface area contributed by atoms with Crippen LogP contribution in [0.15, 0.2) is 54.6 Å². The molecule has 1 heterocycles. The largest absolute Gasteiger partial charge is 0.336 e. The molecular formula is C20H20Cl2N2O. The minimum atomic E-state index is -0.0491. The van der Waals surface area contributed by atoms with Gasteiger partial charge in [-0.25, -0.2) is 0 Å². The van der Waals surface area contributed by atoms with E-state index in [2.05, 4.69) is 29.2 Å². The second kappa shape index (κ2) is 8.52. The molecule has 130 valence electrons. The normalized spacial score (nSPS) is 15.7. The highest BCUT2D eigenvalue weighted by Gasteiger charge is 2.23. The molecule has 1 aliphatic heterocycles. The molecule has 25 heavy (non-hydrogen) atoms. The van der Waals surface area contributed by atoms with Crippen LogP contribution in [0.3, 0.4) is 0 Å². The molecule has 0 radical (unpaired) electrons. The van der Waals surface area contributed by atoms with E-state index in [-0.39, 0.29) is 5.91 Å². The van der Waals surface area contributed by atoms with Gasteiger partial charge in [-0.1, -0.05) is 65.7 Å². The van der Waals surface area contributed by atoms with Gasteiger partial charge in [0.25, 0.3) is 5.91 Å². The Morgan fingerprint density at radius 3 is 2.44 bits per heavy atom. The van der Waals surface area contributed by atoms with Crippen LogP contribution in [-0.2, 0) is 0 Å². The third-order valence-electron chi connectivity index (χ3n) is 4.29. The van der Waals surface area contributed by atoms with Gasteiger partial charge in [0.05, 0.1) is 10.6 Å². The maximum absolute atomic E-state index is 12.6. The summed E-state index contributed by atoms with van der Waals surface area (Å²) in [5.74, 6) is -0.0491. The summed E-state index contributed by atoms with van der Waals surface area (Å²) in [6, 6.07) is 15.3. The van der Waals surface area contributed by atoms with Crippen molar-refractivity contribution in [2.75, 3.05) is 32.7 Å². The number of carbonyl (C=O) groups excluding carboxylic acids is 1. The van der Waals surface area contributed by atoms with Gasteiger partial charge in [-0.05, 0) is 23.8 Å². The Kier molecular flexibility index (Phi) is 6.14. The molecule has 1 aliphatic rings. The number of nitrogens with zero attached hydrogens (tertiary/aromatic N) is 2. The fourth-order valence-corrected chi connectivity index (χ4v) is 3.24. The van der Waals surface area contributed by atoms with Crippen LogP contribution in [-0.4, -0.2) is 48.4 Å². The van der Waals surface area contributed by atoms with Crippen molar-refractivity contribution in [3.63, 3.8) is 0 Å². The number of hydrogen-bond acceptors (Lipinski definition) is 2. The number of rotatable bonds is 4. The Hall–Kier alpha value is -1.81. The average molecular weight is 375 g/mol. The molecule has 3 rings (SSSR count). The van der Waals surface area contributed by atoms with Gasteiger partial charge in [-0.3, -0.25) is 9.69 Å². The van der Waals surface area contributed by atoms with E-state index in [0.29, 0.717) is 28.7 Å². The van der Waals surface area contributed by atoms with Crippen molar-refractivity contribution in [3.8, 4) is 0 Å². The summed E-state index contributed by atoms with van der Waals surface area (Å²) in [4.78, 5) is 16.8. The molecule has 0 saturated carbocycles. The predicted molar refractivity (Wildman–Crippen MR) is 104 cm³/mol. The molecule has 1 amide bonds. The lowest BCUT2D eigenvalue weighted by atomic mass is 10.1. The third kappa shape index (κ3) is 4.85. The zero-order valence-corrected chi connectivity index (χ0v) is 15.4. The van der Waals surface area contributed by atoms with Gasteiger partial charge >= 0.3 is 0 Å². The first kappa shape index (κ1) is 18.0.